The van der Waals surface area contributed by atoms with Crippen LogP contribution in [0.2, 0.25) is 0 Å². The average Bonchev–Trinajstić information content (AvgIpc) is 3.14. The van der Waals surface area contributed by atoms with Gasteiger partial charge in [-0.3, -0.25) is 9.36 Å². The highest BCUT2D eigenvalue weighted by Gasteiger charge is 2.20. The number of esters is 1. The van der Waals surface area contributed by atoms with Gasteiger partial charge in [0.25, 0.3) is 5.56 Å². The molecule has 0 amide bonds. The van der Waals surface area contributed by atoms with Crippen molar-refractivity contribution in [1.29, 1.82) is 0 Å². The molecule has 2 aromatic rings. The van der Waals surface area contributed by atoms with Crippen LogP contribution in [0.5, 0.6) is 0 Å². The molecule has 0 aliphatic carbocycles. The molecule has 1 fully saturated rings. The number of benzene rings is 1. The summed E-state index contributed by atoms with van der Waals surface area (Å²) in [6.45, 7) is 1.14. The van der Waals surface area contributed by atoms with Crippen LogP contribution in [0.4, 0.5) is 0 Å². The quantitative estimate of drug-likeness (QED) is 0.471. The van der Waals surface area contributed by atoms with Gasteiger partial charge in [-0.25, -0.2) is 9.78 Å². The SMILES string of the molecule is COC(=O)c1ccc2c(=O)n(C[C@@H]3CCCO3)c(SCCO)nc2c1. The zero-order valence-corrected chi connectivity index (χ0v) is 14.8. The van der Waals surface area contributed by atoms with Gasteiger partial charge >= 0.3 is 5.97 Å². The van der Waals surface area contributed by atoms with E-state index in [0.717, 1.165) is 12.8 Å². The zero-order valence-electron chi connectivity index (χ0n) is 13.9. The molecule has 7 nitrogen and oxygen atoms in total. The number of carbonyl (C=O) groups is 1. The maximum Gasteiger partial charge on any atom is 0.337 e. The van der Waals surface area contributed by atoms with Crippen LogP contribution in [-0.4, -0.2) is 52.8 Å². The number of rotatable bonds is 6. The molecule has 1 saturated heterocycles. The van der Waals surface area contributed by atoms with E-state index in [-0.39, 0.29) is 18.3 Å². The lowest BCUT2D eigenvalue weighted by Crippen LogP contribution is -2.29. The van der Waals surface area contributed by atoms with Crippen molar-refractivity contribution >= 4 is 28.6 Å². The molecule has 0 spiro atoms. The molecule has 1 atom stereocenters. The maximum atomic E-state index is 12.9. The first-order chi connectivity index (χ1) is 12.1. The van der Waals surface area contributed by atoms with Crippen molar-refractivity contribution < 1.29 is 19.4 Å². The summed E-state index contributed by atoms with van der Waals surface area (Å²) < 4.78 is 12.0. The third-order valence-electron chi connectivity index (χ3n) is 4.07. The van der Waals surface area contributed by atoms with Crippen LogP contribution in [-0.2, 0) is 16.0 Å². The van der Waals surface area contributed by atoms with Gasteiger partial charge in [0.1, 0.15) is 0 Å². The Kier molecular flexibility index (Phi) is 5.72. The fraction of sp³-hybridized carbons (Fsp3) is 0.471. The van der Waals surface area contributed by atoms with Crippen molar-refractivity contribution in [3.63, 3.8) is 0 Å². The van der Waals surface area contributed by atoms with E-state index in [1.165, 1.54) is 18.9 Å². The summed E-state index contributed by atoms with van der Waals surface area (Å²) in [7, 11) is 1.31. The molecule has 3 rings (SSSR count). The van der Waals surface area contributed by atoms with Crippen LogP contribution in [0.3, 0.4) is 0 Å². The number of thioether (sulfide) groups is 1. The van der Waals surface area contributed by atoms with E-state index in [9.17, 15) is 9.59 Å². The number of carbonyl (C=O) groups excluding carboxylic acids is 1. The molecule has 1 N–H and O–H groups in total. The fourth-order valence-corrected chi connectivity index (χ4v) is 3.60. The predicted octanol–water partition coefficient (Wildman–Crippen LogP) is 1.45. The third-order valence-corrected chi connectivity index (χ3v) is 5.03. The number of methoxy groups -OCH3 is 1. The van der Waals surface area contributed by atoms with E-state index in [1.54, 1.807) is 22.8 Å². The van der Waals surface area contributed by atoms with Crippen molar-refractivity contribution in [3.05, 3.63) is 34.1 Å². The third kappa shape index (κ3) is 3.86. The second-order valence-corrected chi connectivity index (χ2v) is 6.80. The highest BCUT2D eigenvalue weighted by Crippen LogP contribution is 2.21. The number of hydrogen-bond acceptors (Lipinski definition) is 7. The summed E-state index contributed by atoms with van der Waals surface area (Å²) in [5.74, 6) is -0.0445. The molecule has 0 unspecified atom stereocenters. The minimum absolute atomic E-state index is 0.000214. The summed E-state index contributed by atoms with van der Waals surface area (Å²) in [6.07, 6.45) is 1.90. The van der Waals surface area contributed by atoms with E-state index in [4.69, 9.17) is 14.6 Å². The van der Waals surface area contributed by atoms with Crippen LogP contribution in [0.25, 0.3) is 10.9 Å². The van der Waals surface area contributed by atoms with Gasteiger partial charge in [-0.05, 0) is 31.0 Å². The van der Waals surface area contributed by atoms with Gasteiger partial charge in [0.15, 0.2) is 5.16 Å². The lowest BCUT2D eigenvalue weighted by atomic mass is 10.1. The van der Waals surface area contributed by atoms with Crippen molar-refractivity contribution in [2.75, 3.05) is 26.1 Å². The maximum absolute atomic E-state index is 12.9. The van der Waals surface area contributed by atoms with Gasteiger partial charge in [-0.2, -0.15) is 0 Å². The number of aliphatic hydroxyl groups is 1. The summed E-state index contributed by atoms with van der Waals surface area (Å²) in [5.41, 5.74) is 0.617. The van der Waals surface area contributed by atoms with E-state index < -0.39 is 5.97 Å². The number of nitrogens with zero attached hydrogens (tertiary/aromatic N) is 2. The second kappa shape index (κ2) is 7.99. The minimum Gasteiger partial charge on any atom is -0.465 e. The largest absolute Gasteiger partial charge is 0.465 e. The number of fused-ring (bicyclic) bond motifs is 1. The topological polar surface area (TPSA) is 90.7 Å². The van der Waals surface area contributed by atoms with Crippen LogP contribution in [0, 0.1) is 0 Å². The lowest BCUT2D eigenvalue weighted by molar-refractivity contribution is 0.0601. The smallest absolute Gasteiger partial charge is 0.337 e. The van der Waals surface area contributed by atoms with E-state index >= 15 is 0 Å². The Labute approximate surface area is 149 Å². The van der Waals surface area contributed by atoms with Gasteiger partial charge in [0, 0.05) is 12.4 Å². The van der Waals surface area contributed by atoms with Gasteiger partial charge in [-0.15, -0.1) is 0 Å². The first-order valence-corrected chi connectivity index (χ1v) is 9.10. The average molecular weight is 364 g/mol. The van der Waals surface area contributed by atoms with Crippen LogP contribution in [0.1, 0.15) is 23.2 Å². The highest BCUT2D eigenvalue weighted by molar-refractivity contribution is 7.99. The van der Waals surface area contributed by atoms with Gasteiger partial charge in [0.05, 0.1) is 42.8 Å². The molecule has 1 aromatic carbocycles. The number of hydrogen-bond donors (Lipinski definition) is 1. The first kappa shape index (κ1) is 17.9. The molecule has 0 radical (unpaired) electrons. The van der Waals surface area contributed by atoms with Crippen LogP contribution < -0.4 is 5.56 Å². The normalized spacial score (nSPS) is 17.1. The van der Waals surface area contributed by atoms with Crippen molar-refractivity contribution in [1.82, 2.24) is 9.55 Å². The summed E-state index contributed by atoms with van der Waals surface area (Å²) in [4.78, 5) is 29.2. The molecular weight excluding hydrogens is 344 g/mol. The molecule has 25 heavy (non-hydrogen) atoms. The van der Waals surface area contributed by atoms with Crippen molar-refractivity contribution in [2.24, 2.45) is 0 Å². The Bertz CT molecular complexity index is 830. The molecular formula is C17H20N2O5S. The lowest BCUT2D eigenvalue weighted by Gasteiger charge is -2.16. The van der Waals surface area contributed by atoms with Crippen LogP contribution in [0.15, 0.2) is 28.2 Å². The number of aliphatic hydroxyl groups excluding tert-OH is 1. The number of aromatic nitrogens is 2. The Morgan fingerprint density at radius 3 is 3.04 bits per heavy atom. The summed E-state index contributed by atoms with van der Waals surface area (Å²) in [5, 5.41) is 10.1. The van der Waals surface area contributed by atoms with Crippen molar-refractivity contribution in [3.8, 4) is 0 Å². The monoisotopic (exact) mass is 364 g/mol. The van der Waals surface area contributed by atoms with Gasteiger partial charge < -0.3 is 14.6 Å². The van der Waals surface area contributed by atoms with Gasteiger partial charge in [0.2, 0.25) is 0 Å². The Hall–Kier alpha value is -1.90. The molecule has 1 aromatic heterocycles. The first-order valence-electron chi connectivity index (χ1n) is 8.12. The Balaban J connectivity index is 2.07. The number of ether oxygens (including phenoxy) is 2. The molecule has 0 bridgehead atoms. The van der Waals surface area contributed by atoms with Crippen LogP contribution >= 0.6 is 11.8 Å². The molecule has 2 heterocycles. The van der Waals surface area contributed by atoms with E-state index in [1.807, 2.05) is 0 Å². The predicted molar refractivity (Wildman–Crippen MR) is 94.1 cm³/mol. The fourth-order valence-electron chi connectivity index (χ4n) is 2.85. The zero-order chi connectivity index (χ0) is 17.8. The Morgan fingerprint density at radius 1 is 1.52 bits per heavy atom. The minimum atomic E-state index is -0.475. The highest BCUT2D eigenvalue weighted by atomic mass is 32.2. The summed E-state index contributed by atoms with van der Waals surface area (Å²) in [6, 6.07) is 4.72. The molecule has 1 aliphatic rings. The molecule has 134 valence electrons. The van der Waals surface area contributed by atoms with E-state index in [2.05, 4.69) is 4.98 Å². The van der Waals surface area contributed by atoms with Crippen molar-refractivity contribution in [2.45, 2.75) is 30.6 Å². The molecule has 0 saturated carbocycles. The van der Waals surface area contributed by atoms with E-state index in [0.29, 0.717) is 40.5 Å². The van der Waals surface area contributed by atoms with Gasteiger partial charge in [-0.1, -0.05) is 11.8 Å². The Morgan fingerprint density at radius 2 is 2.36 bits per heavy atom. The molecule has 8 heteroatoms. The molecule has 1 aliphatic heterocycles. The summed E-state index contributed by atoms with van der Waals surface area (Å²) >= 11 is 1.31. The standard InChI is InChI=1S/C17H20N2O5S/c1-23-16(22)11-4-5-13-14(9-11)18-17(25-8-6-20)19(15(13)21)10-12-3-2-7-24-12/h4-5,9,12,20H,2-3,6-8,10H2,1H3/t12-/m0/s1. The second-order valence-electron chi connectivity index (χ2n) is 5.74.